The third kappa shape index (κ3) is 5.67. The molecule has 2 atom stereocenters. The smallest absolute Gasteiger partial charge is 0.415 e. The Morgan fingerprint density at radius 1 is 1.23 bits per heavy atom. The summed E-state index contributed by atoms with van der Waals surface area (Å²) in [6, 6.07) is 1.75. The summed E-state index contributed by atoms with van der Waals surface area (Å²) >= 11 is 0. The predicted octanol–water partition coefficient (Wildman–Crippen LogP) is 2.98. The molecule has 11 heteroatoms. The van der Waals surface area contributed by atoms with Gasteiger partial charge in [-0.2, -0.15) is 4.98 Å². The zero-order valence-corrected chi connectivity index (χ0v) is 20.3. The van der Waals surface area contributed by atoms with E-state index < -0.39 is 6.09 Å². The molecule has 0 aromatic carbocycles. The van der Waals surface area contributed by atoms with Crippen molar-refractivity contribution in [3.63, 3.8) is 0 Å². The van der Waals surface area contributed by atoms with E-state index in [0.717, 1.165) is 18.4 Å². The third-order valence-electron chi connectivity index (χ3n) is 6.26. The van der Waals surface area contributed by atoms with Gasteiger partial charge in [0, 0.05) is 50.1 Å². The zero-order chi connectivity index (χ0) is 24.9. The first-order valence-corrected chi connectivity index (χ1v) is 11.8. The summed E-state index contributed by atoms with van der Waals surface area (Å²) in [5.41, 5.74) is 0.832. The minimum Gasteiger partial charge on any atom is -0.460 e. The van der Waals surface area contributed by atoms with E-state index in [0.29, 0.717) is 37.5 Å². The van der Waals surface area contributed by atoms with Crippen molar-refractivity contribution in [2.75, 3.05) is 29.9 Å². The molecule has 2 amide bonds. The normalized spacial score (nSPS) is 19.4. The van der Waals surface area contributed by atoms with Crippen LogP contribution in [0, 0.1) is 5.92 Å². The number of anilines is 2. The number of nitrogens with one attached hydrogen (secondary N) is 1. The Balaban J connectivity index is 1.35. The molecule has 35 heavy (non-hydrogen) atoms. The highest BCUT2D eigenvalue weighted by atomic mass is 16.6. The van der Waals surface area contributed by atoms with Crippen molar-refractivity contribution in [3.8, 4) is 6.01 Å². The number of ether oxygens (including phenoxy) is 2. The van der Waals surface area contributed by atoms with Crippen LogP contribution in [0.15, 0.2) is 37.3 Å². The molecule has 0 aliphatic carbocycles. The number of carbonyl (C=O) groups is 2. The molecule has 2 saturated heterocycles. The molecule has 0 spiro atoms. The fourth-order valence-electron chi connectivity index (χ4n) is 4.10. The van der Waals surface area contributed by atoms with Crippen LogP contribution in [0.1, 0.15) is 45.2 Å². The highest BCUT2D eigenvalue weighted by molar-refractivity contribution is 5.89. The lowest BCUT2D eigenvalue weighted by Gasteiger charge is -2.30. The van der Waals surface area contributed by atoms with Crippen LogP contribution in [0.4, 0.5) is 16.6 Å². The first-order chi connectivity index (χ1) is 16.9. The van der Waals surface area contributed by atoms with Gasteiger partial charge in [0.05, 0.1) is 12.1 Å². The van der Waals surface area contributed by atoms with E-state index in [1.165, 1.54) is 6.08 Å². The number of hydrogen-bond acceptors (Lipinski definition) is 9. The lowest BCUT2D eigenvalue weighted by molar-refractivity contribution is -0.127. The van der Waals surface area contributed by atoms with Crippen LogP contribution in [0.3, 0.4) is 0 Å². The van der Waals surface area contributed by atoms with E-state index in [-0.39, 0.29) is 30.0 Å². The zero-order valence-electron chi connectivity index (χ0n) is 20.3. The van der Waals surface area contributed by atoms with Crippen LogP contribution in [0.25, 0.3) is 0 Å². The molecule has 4 heterocycles. The monoisotopic (exact) mass is 481 g/mol. The van der Waals surface area contributed by atoms with E-state index in [9.17, 15) is 9.59 Å². The maximum Gasteiger partial charge on any atom is 0.415 e. The fourth-order valence-corrected chi connectivity index (χ4v) is 4.10. The molecular formula is C24H31N7O4. The summed E-state index contributed by atoms with van der Waals surface area (Å²) in [7, 11) is 0. The van der Waals surface area contributed by atoms with Gasteiger partial charge in [-0.25, -0.2) is 19.7 Å². The largest absolute Gasteiger partial charge is 0.460 e. The van der Waals surface area contributed by atoms with Gasteiger partial charge in [0.15, 0.2) is 0 Å². The second kappa shape index (κ2) is 10.7. The Kier molecular flexibility index (Phi) is 7.42. The van der Waals surface area contributed by atoms with Gasteiger partial charge in [0.1, 0.15) is 18.5 Å². The van der Waals surface area contributed by atoms with Gasteiger partial charge < -0.3 is 19.7 Å². The average Bonchev–Trinajstić information content (AvgIpc) is 3.26. The molecule has 2 aromatic heterocycles. The SMILES string of the molecule is C=CC(=O)N1CCC(Oc2ncc(C(C)Nc3nccc(N4C(=O)OC[C@@H]4C(C)C)n3)cn2)CC1. The molecule has 1 N–H and O–H groups in total. The molecular weight excluding hydrogens is 450 g/mol. The Bertz CT molecular complexity index is 1050. The average molecular weight is 482 g/mol. The summed E-state index contributed by atoms with van der Waals surface area (Å²) in [5.74, 6) is 1.06. The second-order valence-corrected chi connectivity index (χ2v) is 9.01. The van der Waals surface area contributed by atoms with Gasteiger partial charge in [-0.15, -0.1) is 0 Å². The number of likely N-dealkylation sites (tertiary alicyclic amines) is 1. The van der Waals surface area contributed by atoms with Crippen LogP contribution < -0.4 is 15.0 Å². The summed E-state index contributed by atoms with van der Waals surface area (Å²) in [4.78, 5) is 44.8. The molecule has 0 radical (unpaired) electrons. The number of piperidine rings is 1. The standard InChI is InChI=1S/C24H31N7O4/c1-5-21(32)30-10-7-18(8-11-30)35-23-26-12-17(13-27-23)16(4)28-22-25-9-6-20(29-22)31-19(15(2)3)14-34-24(31)33/h5-6,9,12-13,15-16,18-19H,1,7-8,10-11,14H2,2-4H3,(H,25,28,29)/t16?,19-/m1/s1. The third-order valence-corrected chi connectivity index (χ3v) is 6.26. The Morgan fingerprint density at radius 2 is 1.94 bits per heavy atom. The summed E-state index contributed by atoms with van der Waals surface area (Å²) in [6.45, 7) is 11.2. The summed E-state index contributed by atoms with van der Waals surface area (Å²) in [5, 5.41) is 3.24. The van der Waals surface area contributed by atoms with Crippen molar-refractivity contribution < 1.29 is 19.1 Å². The number of rotatable bonds is 8. The number of aromatic nitrogens is 4. The van der Waals surface area contributed by atoms with E-state index in [4.69, 9.17) is 9.47 Å². The molecule has 2 aromatic rings. The molecule has 2 aliphatic heterocycles. The number of nitrogens with zero attached hydrogens (tertiary/aromatic N) is 6. The molecule has 1 unspecified atom stereocenters. The lowest BCUT2D eigenvalue weighted by atomic mass is 10.0. The van der Waals surface area contributed by atoms with Crippen LogP contribution in [0.2, 0.25) is 0 Å². The Morgan fingerprint density at radius 3 is 2.60 bits per heavy atom. The van der Waals surface area contributed by atoms with Gasteiger partial charge in [-0.3, -0.25) is 9.69 Å². The number of amides is 2. The molecule has 186 valence electrons. The van der Waals surface area contributed by atoms with Gasteiger partial charge >= 0.3 is 12.1 Å². The number of carbonyl (C=O) groups excluding carboxylic acids is 2. The predicted molar refractivity (Wildman–Crippen MR) is 129 cm³/mol. The first kappa shape index (κ1) is 24.4. The number of hydrogen-bond donors (Lipinski definition) is 1. The highest BCUT2D eigenvalue weighted by Gasteiger charge is 2.37. The fraction of sp³-hybridized carbons (Fsp3) is 0.500. The number of cyclic esters (lactones) is 1. The van der Waals surface area contributed by atoms with Crippen LogP contribution in [-0.4, -0.2) is 68.7 Å². The molecule has 0 saturated carbocycles. The van der Waals surface area contributed by atoms with E-state index in [1.54, 1.807) is 34.5 Å². The van der Waals surface area contributed by atoms with Crippen molar-refractivity contribution in [1.29, 1.82) is 0 Å². The van der Waals surface area contributed by atoms with Crippen molar-refractivity contribution in [1.82, 2.24) is 24.8 Å². The van der Waals surface area contributed by atoms with Crippen LogP contribution in [0.5, 0.6) is 6.01 Å². The van der Waals surface area contributed by atoms with E-state index in [1.807, 2.05) is 20.8 Å². The quantitative estimate of drug-likeness (QED) is 0.567. The van der Waals surface area contributed by atoms with E-state index >= 15 is 0 Å². The van der Waals surface area contributed by atoms with E-state index in [2.05, 4.69) is 31.8 Å². The van der Waals surface area contributed by atoms with Crippen molar-refractivity contribution >= 4 is 23.8 Å². The Labute approximate surface area is 204 Å². The van der Waals surface area contributed by atoms with Crippen LogP contribution in [-0.2, 0) is 9.53 Å². The Hall–Kier alpha value is -3.76. The summed E-state index contributed by atoms with van der Waals surface area (Å²) in [6.07, 6.45) is 7.36. The van der Waals surface area contributed by atoms with Gasteiger partial charge in [-0.05, 0) is 25.0 Å². The minimum atomic E-state index is -0.400. The molecule has 2 aliphatic rings. The molecule has 0 bridgehead atoms. The van der Waals surface area contributed by atoms with Crippen LogP contribution >= 0.6 is 0 Å². The molecule has 4 rings (SSSR count). The first-order valence-electron chi connectivity index (χ1n) is 11.8. The molecule has 11 nitrogen and oxygen atoms in total. The second-order valence-electron chi connectivity index (χ2n) is 9.01. The maximum absolute atomic E-state index is 12.3. The topological polar surface area (TPSA) is 123 Å². The van der Waals surface area contributed by atoms with Crippen molar-refractivity contribution in [2.24, 2.45) is 5.92 Å². The van der Waals surface area contributed by atoms with Crippen molar-refractivity contribution in [2.45, 2.75) is 51.8 Å². The minimum absolute atomic E-state index is 0.0339. The van der Waals surface area contributed by atoms with Gasteiger partial charge in [0.2, 0.25) is 11.9 Å². The van der Waals surface area contributed by atoms with Crippen molar-refractivity contribution in [3.05, 3.63) is 42.9 Å². The molecule has 2 fully saturated rings. The summed E-state index contributed by atoms with van der Waals surface area (Å²) < 4.78 is 11.1. The highest BCUT2D eigenvalue weighted by Crippen LogP contribution is 2.27. The lowest BCUT2D eigenvalue weighted by Crippen LogP contribution is -2.41. The maximum atomic E-state index is 12.3. The van der Waals surface area contributed by atoms with Gasteiger partial charge in [0.25, 0.3) is 0 Å². The van der Waals surface area contributed by atoms with Gasteiger partial charge in [-0.1, -0.05) is 20.4 Å².